The fourth-order valence-electron chi connectivity index (χ4n) is 3.56. The zero-order valence-electron chi connectivity index (χ0n) is 20.5. The maximum absolute atomic E-state index is 13.7. The summed E-state index contributed by atoms with van der Waals surface area (Å²) in [6.07, 6.45) is 0. The summed E-state index contributed by atoms with van der Waals surface area (Å²) < 4.78 is 39.4. The van der Waals surface area contributed by atoms with Crippen molar-refractivity contribution < 1.29 is 27.5 Å². The molecule has 0 spiro atoms. The van der Waals surface area contributed by atoms with Crippen molar-refractivity contribution in [3.8, 4) is 0 Å². The second kappa shape index (κ2) is 10.4. The van der Waals surface area contributed by atoms with Crippen LogP contribution >= 0.6 is 0 Å². The van der Waals surface area contributed by atoms with Gasteiger partial charge in [0.25, 0.3) is 10.0 Å². The Balaban J connectivity index is 2.73. The number of carbonyl (C=O) groups is 2. The Labute approximate surface area is 196 Å². The number of carbonyl (C=O) groups excluding carboxylic acids is 2. The van der Waals surface area contributed by atoms with Crippen molar-refractivity contribution in [1.82, 2.24) is 0 Å². The minimum Gasteiger partial charge on any atom is -0.465 e. The van der Waals surface area contributed by atoms with Crippen molar-refractivity contribution in [2.24, 2.45) is 0 Å². The van der Waals surface area contributed by atoms with E-state index in [0.29, 0.717) is 0 Å². The summed E-state index contributed by atoms with van der Waals surface area (Å²) in [6.45, 7) is 12.0. The smallest absolute Gasteiger partial charge is 0.337 e. The molecule has 33 heavy (non-hydrogen) atoms. The van der Waals surface area contributed by atoms with Gasteiger partial charge >= 0.3 is 11.9 Å². The van der Waals surface area contributed by atoms with Crippen LogP contribution < -0.4 is 4.72 Å². The monoisotopic (exact) mass is 475 g/mol. The van der Waals surface area contributed by atoms with Gasteiger partial charge in [-0.1, -0.05) is 53.7 Å². The Hall–Kier alpha value is -2.87. The van der Waals surface area contributed by atoms with Crippen LogP contribution in [0, 0.1) is 0 Å². The first kappa shape index (κ1) is 26.4. The molecule has 8 heteroatoms. The highest BCUT2D eigenvalue weighted by Crippen LogP contribution is 2.36. The largest absolute Gasteiger partial charge is 0.465 e. The van der Waals surface area contributed by atoms with Crippen LogP contribution in [0.15, 0.2) is 35.2 Å². The van der Waals surface area contributed by atoms with Crippen LogP contribution in [0.1, 0.15) is 96.7 Å². The average Bonchev–Trinajstić information content (AvgIpc) is 2.76. The molecule has 0 amide bonds. The number of hydrogen-bond donors (Lipinski definition) is 1. The van der Waals surface area contributed by atoms with Crippen LogP contribution in [0.5, 0.6) is 0 Å². The van der Waals surface area contributed by atoms with Crippen LogP contribution in [0.4, 0.5) is 5.69 Å². The quantitative estimate of drug-likeness (QED) is 0.511. The number of hydrogen-bond acceptors (Lipinski definition) is 6. The topological polar surface area (TPSA) is 98.8 Å². The Bertz CT molecular complexity index is 1090. The van der Waals surface area contributed by atoms with Crippen LogP contribution in [0.2, 0.25) is 0 Å². The molecule has 1 N–H and O–H groups in total. The number of methoxy groups -OCH3 is 2. The van der Waals surface area contributed by atoms with Gasteiger partial charge in [-0.2, -0.15) is 0 Å². The first-order chi connectivity index (χ1) is 15.3. The van der Waals surface area contributed by atoms with Crippen LogP contribution in [-0.2, 0) is 19.5 Å². The molecule has 0 radical (unpaired) electrons. The number of esters is 2. The van der Waals surface area contributed by atoms with Gasteiger partial charge in [0.15, 0.2) is 0 Å². The third kappa shape index (κ3) is 5.93. The van der Waals surface area contributed by atoms with E-state index in [0.717, 1.165) is 16.7 Å². The Morgan fingerprint density at radius 1 is 0.727 bits per heavy atom. The minimum absolute atomic E-state index is 0.0291. The van der Waals surface area contributed by atoms with Gasteiger partial charge in [0, 0.05) is 0 Å². The summed E-state index contributed by atoms with van der Waals surface area (Å²) in [5.41, 5.74) is 2.63. The lowest BCUT2D eigenvalue weighted by Crippen LogP contribution is -2.20. The SMILES string of the molecule is COC(=O)c1cc(NS(=O)(=O)c2c(C(C)C)cc(C(C)C)cc2C(C)C)cc(C(=O)OC)c1. The third-order valence-corrected chi connectivity index (χ3v) is 6.89. The molecule has 0 aliphatic heterocycles. The Kier molecular flexibility index (Phi) is 8.30. The van der Waals surface area contributed by atoms with E-state index in [9.17, 15) is 18.0 Å². The van der Waals surface area contributed by atoms with Gasteiger partial charge in [0.1, 0.15) is 0 Å². The van der Waals surface area contributed by atoms with Crippen LogP contribution in [0.25, 0.3) is 0 Å². The molecule has 0 bridgehead atoms. The summed E-state index contributed by atoms with van der Waals surface area (Å²) in [6, 6.07) is 7.86. The van der Waals surface area contributed by atoms with E-state index >= 15 is 0 Å². The number of ether oxygens (including phenoxy) is 2. The second-order valence-corrected chi connectivity index (χ2v) is 10.5. The van der Waals surface area contributed by atoms with Gasteiger partial charge < -0.3 is 9.47 Å². The number of nitrogens with one attached hydrogen (secondary N) is 1. The zero-order valence-corrected chi connectivity index (χ0v) is 21.3. The number of rotatable bonds is 8. The molecule has 2 rings (SSSR count). The maximum atomic E-state index is 13.7. The summed E-state index contributed by atoms with van der Waals surface area (Å²) >= 11 is 0. The van der Waals surface area contributed by atoms with Crippen molar-refractivity contribution in [1.29, 1.82) is 0 Å². The lowest BCUT2D eigenvalue weighted by molar-refractivity contribution is 0.0599. The number of sulfonamides is 1. The molecule has 0 saturated carbocycles. The van der Waals surface area contributed by atoms with Gasteiger partial charge in [-0.3, -0.25) is 4.72 Å². The predicted molar refractivity (Wildman–Crippen MR) is 129 cm³/mol. The zero-order chi connectivity index (χ0) is 25.1. The molecular weight excluding hydrogens is 442 g/mol. The van der Waals surface area contributed by atoms with E-state index in [2.05, 4.69) is 18.6 Å². The van der Waals surface area contributed by atoms with E-state index in [1.807, 2.05) is 39.8 Å². The highest BCUT2D eigenvalue weighted by atomic mass is 32.2. The van der Waals surface area contributed by atoms with Gasteiger partial charge in [-0.05, 0) is 52.6 Å². The summed E-state index contributed by atoms with van der Waals surface area (Å²) in [7, 11) is -1.65. The lowest BCUT2D eigenvalue weighted by Gasteiger charge is -2.23. The molecule has 180 valence electrons. The number of anilines is 1. The first-order valence-electron chi connectivity index (χ1n) is 10.8. The Morgan fingerprint density at radius 3 is 1.48 bits per heavy atom. The highest BCUT2D eigenvalue weighted by Gasteiger charge is 2.28. The molecule has 0 aliphatic carbocycles. The molecule has 0 aromatic heterocycles. The number of benzene rings is 2. The van der Waals surface area contributed by atoms with Crippen LogP contribution in [-0.4, -0.2) is 34.6 Å². The minimum atomic E-state index is -4.06. The Morgan fingerprint density at radius 2 is 1.15 bits per heavy atom. The molecule has 0 aliphatic rings. The molecule has 2 aromatic rings. The van der Waals surface area contributed by atoms with Crippen molar-refractivity contribution in [3.63, 3.8) is 0 Å². The van der Waals surface area contributed by atoms with Gasteiger partial charge in [-0.25, -0.2) is 18.0 Å². The standard InChI is InChI=1S/C25H33NO6S/c1-14(2)17-12-21(15(3)4)23(22(13-17)16(5)6)33(29,30)26-20-10-18(24(27)31-7)9-19(11-20)25(28)32-8/h9-16,26H,1-8H3. The fraction of sp³-hybridized carbons (Fsp3) is 0.440. The fourth-order valence-corrected chi connectivity index (χ4v) is 5.30. The van der Waals surface area contributed by atoms with Crippen molar-refractivity contribution >= 4 is 27.6 Å². The summed E-state index contributed by atoms with van der Waals surface area (Å²) in [5.74, 6) is -1.25. The van der Waals surface area contributed by atoms with E-state index in [1.165, 1.54) is 32.4 Å². The van der Waals surface area contributed by atoms with E-state index in [4.69, 9.17) is 9.47 Å². The van der Waals surface area contributed by atoms with Crippen molar-refractivity contribution in [2.75, 3.05) is 18.9 Å². The van der Waals surface area contributed by atoms with Gasteiger partial charge in [0.2, 0.25) is 0 Å². The summed E-state index contributed by atoms with van der Waals surface area (Å²) in [5, 5.41) is 0. The molecule has 2 aromatic carbocycles. The second-order valence-electron chi connectivity index (χ2n) is 8.88. The van der Waals surface area contributed by atoms with Crippen molar-refractivity contribution in [3.05, 3.63) is 58.1 Å². The average molecular weight is 476 g/mol. The molecular formula is C25H33NO6S. The van der Waals surface area contributed by atoms with E-state index in [1.54, 1.807) is 0 Å². The lowest BCUT2D eigenvalue weighted by atomic mass is 9.89. The van der Waals surface area contributed by atoms with E-state index < -0.39 is 22.0 Å². The summed E-state index contributed by atoms with van der Waals surface area (Å²) in [4.78, 5) is 24.4. The van der Waals surface area contributed by atoms with Gasteiger partial charge in [-0.15, -0.1) is 0 Å². The third-order valence-electron chi connectivity index (χ3n) is 5.38. The normalized spacial score (nSPS) is 11.7. The highest BCUT2D eigenvalue weighted by molar-refractivity contribution is 7.92. The molecule has 0 saturated heterocycles. The predicted octanol–water partition coefficient (Wildman–Crippen LogP) is 5.43. The van der Waals surface area contributed by atoms with E-state index in [-0.39, 0.29) is 39.5 Å². The maximum Gasteiger partial charge on any atom is 0.337 e. The molecule has 7 nitrogen and oxygen atoms in total. The van der Waals surface area contributed by atoms with Crippen LogP contribution in [0.3, 0.4) is 0 Å². The van der Waals surface area contributed by atoms with Gasteiger partial charge in [0.05, 0.1) is 35.9 Å². The molecule has 0 heterocycles. The molecule has 0 unspecified atom stereocenters. The van der Waals surface area contributed by atoms with Crippen molar-refractivity contribution in [2.45, 2.75) is 64.2 Å². The molecule has 0 atom stereocenters. The molecule has 0 fully saturated rings. The first-order valence-corrected chi connectivity index (χ1v) is 12.3.